The third kappa shape index (κ3) is 4.63. The quantitative estimate of drug-likeness (QED) is 0.512. The summed E-state index contributed by atoms with van der Waals surface area (Å²) in [6.45, 7) is 9.73. The molecule has 0 aromatic carbocycles. The second-order valence-corrected chi connectivity index (χ2v) is 4.43. The molecule has 0 atom stereocenters. The third-order valence-electron chi connectivity index (χ3n) is 2.19. The van der Waals surface area contributed by atoms with Crippen molar-refractivity contribution in [3.05, 3.63) is 25.3 Å². The molecule has 0 aliphatic carbocycles. The van der Waals surface area contributed by atoms with Gasteiger partial charge in [-0.1, -0.05) is 0 Å². The van der Waals surface area contributed by atoms with Crippen molar-refractivity contribution in [2.75, 3.05) is 0 Å². The van der Waals surface area contributed by atoms with Gasteiger partial charge in [-0.25, -0.2) is 0 Å². The van der Waals surface area contributed by atoms with Crippen molar-refractivity contribution < 1.29 is 0 Å². The fourth-order valence-electron chi connectivity index (χ4n) is 1.74. The predicted octanol–water partition coefficient (Wildman–Crippen LogP) is 1.48. The number of nitrogens with one attached hydrogen (secondary N) is 1. The van der Waals surface area contributed by atoms with Crippen LogP contribution in [0.3, 0.4) is 0 Å². The summed E-state index contributed by atoms with van der Waals surface area (Å²) < 4.78 is 0.641. The average Bonchev–Trinajstić information content (AvgIpc) is 2.03. The Labute approximate surface area is 95.0 Å². The first-order valence-corrected chi connectivity index (χ1v) is 5.75. The fourth-order valence-corrected chi connectivity index (χ4v) is 2.20. The van der Waals surface area contributed by atoms with Gasteiger partial charge in [0, 0.05) is 0 Å². The molecule has 0 aliphatic rings. The van der Waals surface area contributed by atoms with Crippen LogP contribution in [0.1, 0.15) is 32.6 Å². The van der Waals surface area contributed by atoms with E-state index in [0.717, 1.165) is 25.7 Å². The first kappa shape index (κ1) is 13.5. The fraction of sp³-hybridized carbons (Fsp3) is 0.545. The molecule has 0 aromatic rings. The van der Waals surface area contributed by atoms with Crippen molar-refractivity contribution >= 4 is 20.2 Å². The summed E-state index contributed by atoms with van der Waals surface area (Å²) in [4.78, 5) is 0. The molecule has 0 radical (unpaired) electrons. The third-order valence-corrected chi connectivity index (χ3v) is 2.40. The summed E-state index contributed by atoms with van der Waals surface area (Å²) in [5.41, 5.74) is 5.64. The van der Waals surface area contributed by atoms with Gasteiger partial charge in [-0.15, -0.1) is 0 Å². The van der Waals surface area contributed by atoms with Crippen molar-refractivity contribution in [2.24, 2.45) is 5.73 Å². The number of nitrogens with two attached hydrogens (primary N) is 1. The molecule has 0 saturated heterocycles. The number of rotatable bonds is 8. The SMILES string of the molecule is C=CCC(CC=C)(CCC)NC(N)=[Se]. The minimum atomic E-state index is -0.00637. The van der Waals surface area contributed by atoms with Crippen LogP contribution in [0.25, 0.3) is 0 Å². The summed E-state index contributed by atoms with van der Waals surface area (Å²) in [5, 5.41) is 3.29. The van der Waals surface area contributed by atoms with E-state index in [0.29, 0.717) is 4.67 Å². The summed E-state index contributed by atoms with van der Waals surface area (Å²) in [6.07, 6.45) is 7.82. The van der Waals surface area contributed by atoms with E-state index in [2.05, 4.69) is 41.0 Å². The summed E-state index contributed by atoms with van der Waals surface area (Å²) >= 11 is 2.79. The van der Waals surface area contributed by atoms with Crippen LogP contribution in [-0.4, -0.2) is 25.8 Å². The Kier molecular flexibility index (Phi) is 6.59. The van der Waals surface area contributed by atoms with E-state index in [4.69, 9.17) is 5.73 Å². The first-order valence-electron chi connectivity index (χ1n) is 4.89. The zero-order chi connectivity index (χ0) is 11.0. The Morgan fingerprint density at radius 1 is 1.43 bits per heavy atom. The van der Waals surface area contributed by atoms with Gasteiger partial charge in [-0.2, -0.15) is 0 Å². The monoisotopic (exact) mass is 260 g/mol. The van der Waals surface area contributed by atoms with Gasteiger partial charge in [0.15, 0.2) is 0 Å². The van der Waals surface area contributed by atoms with Gasteiger partial charge in [0.25, 0.3) is 0 Å². The number of hydrogen-bond acceptors (Lipinski definition) is 2. The Morgan fingerprint density at radius 2 is 1.93 bits per heavy atom. The van der Waals surface area contributed by atoms with Gasteiger partial charge in [-0.3, -0.25) is 0 Å². The van der Waals surface area contributed by atoms with E-state index in [1.807, 2.05) is 12.2 Å². The van der Waals surface area contributed by atoms with E-state index in [1.165, 1.54) is 0 Å². The van der Waals surface area contributed by atoms with Gasteiger partial charge in [0.2, 0.25) is 0 Å². The van der Waals surface area contributed by atoms with E-state index in [9.17, 15) is 0 Å². The van der Waals surface area contributed by atoms with Gasteiger partial charge in [-0.05, 0) is 0 Å². The van der Waals surface area contributed by atoms with Crippen molar-refractivity contribution in [3.63, 3.8) is 0 Å². The molecule has 0 bridgehead atoms. The maximum atomic E-state index is 5.65. The summed E-state index contributed by atoms with van der Waals surface area (Å²) in [6, 6.07) is 0. The van der Waals surface area contributed by atoms with Crippen LogP contribution in [0.2, 0.25) is 0 Å². The van der Waals surface area contributed by atoms with Crippen LogP contribution < -0.4 is 11.1 Å². The molecule has 0 aromatic heterocycles. The van der Waals surface area contributed by atoms with Crippen molar-refractivity contribution in [3.8, 4) is 0 Å². The van der Waals surface area contributed by atoms with Crippen LogP contribution in [0, 0.1) is 0 Å². The van der Waals surface area contributed by atoms with Crippen LogP contribution in [0.15, 0.2) is 25.3 Å². The Bertz CT molecular complexity index is 201. The van der Waals surface area contributed by atoms with Gasteiger partial charge in [0.1, 0.15) is 0 Å². The first-order chi connectivity index (χ1) is 6.60. The molecule has 80 valence electrons. The Morgan fingerprint density at radius 3 is 2.21 bits per heavy atom. The topological polar surface area (TPSA) is 38.0 Å². The average molecular weight is 259 g/mol. The van der Waals surface area contributed by atoms with Crippen molar-refractivity contribution in [1.29, 1.82) is 0 Å². The van der Waals surface area contributed by atoms with Crippen molar-refractivity contribution in [1.82, 2.24) is 5.32 Å². The van der Waals surface area contributed by atoms with Crippen LogP contribution >= 0.6 is 0 Å². The maximum absolute atomic E-state index is 5.65. The van der Waals surface area contributed by atoms with Crippen LogP contribution in [0.5, 0.6) is 0 Å². The molecule has 0 amide bonds. The van der Waals surface area contributed by atoms with E-state index < -0.39 is 0 Å². The standard InChI is InChI=1S/C11H20N2Se/c1-4-7-11(8-5-2,9-6-3)13-10(12)14/h4-5H,1-2,6-9H2,3H3,(H3,12,13,14). The van der Waals surface area contributed by atoms with Crippen LogP contribution in [0.4, 0.5) is 0 Å². The normalized spacial score (nSPS) is 10.6. The Hall–Kier alpha value is -0.531. The van der Waals surface area contributed by atoms with Gasteiger partial charge in [0.05, 0.1) is 0 Å². The van der Waals surface area contributed by atoms with Crippen molar-refractivity contribution in [2.45, 2.75) is 38.1 Å². The molecule has 2 nitrogen and oxygen atoms in total. The molecule has 0 saturated carbocycles. The molecule has 0 unspecified atom stereocenters. The number of hydrogen-bond donors (Lipinski definition) is 2. The molecule has 14 heavy (non-hydrogen) atoms. The molecule has 0 fully saturated rings. The van der Waals surface area contributed by atoms with Gasteiger partial charge < -0.3 is 0 Å². The second-order valence-electron chi connectivity index (χ2n) is 3.51. The molecular weight excluding hydrogens is 239 g/mol. The van der Waals surface area contributed by atoms with Gasteiger partial charge >= 0.3 is 94.7 Å². The Balaban J connectivity index is 4.60. The zero-order valence-electron chi connectivity index (χ0n) is 8.88. The molecule has 3 heteroatoms. The van der Waals surface area contributed by atoms with E-state index in [1.54, 1.807) is 0 Å². The minimum absolute atomic E-state index is 0.00637. The molecule has 0 aliphatic heterocycles. The molecular formula is C11H20N2Se. The zero-order valence-corrected chi connectivity index (χ0v) is 10.6. The molecule has 3 N–H and O–H groups in total. The predicted molar refractivity (Wildman–Crippen MR) is 65.4 cm³/mol. The molecule has 0 spiro atoms. The summed E-state index contributed by atoms with van der Waals surface area (Å²) in [5.74, 6) is 0. The molecule has 0 heterocycles. The second kappa shape index (κ2) is 6.85. The van der Waals surface area contributed by atoms with E-state index >= 15 is 0 Å². The summed E-state index contributed by atoms with van der Waals surface area (Å²) in [7, 11) is 0. The van der Waals surface area contributed by atoms with Crippen LogP contribution in [-0.2, 0) is 0 Å². The molecule has 0 rings (SSSR count). The van der Waals surface area contributed by atoms with E-state index in [-0.39, 0.29) is 5.54 Å².